The Labute approximate surface area is 81.7 Å². The number of rotatable bonds is 2. The van der Waals surface area contributed by atoms with Crippen LogP contribution < -0.4 is 11.2 Å². The Balaban J connectivity index is 3.24. The van der Waals surface area contributed by atoms with E-state index in [1.807, 2.05) is 0 Å². The van der Waals surface area contributed by atoms with E-state index in [0.717, 1.165) is 0 Å². The van der Waals surface area contributed by atoms with Gasteiger partial charge in [-0.25, -0.2) is 4.79 Å². The van der Waals surface area contributed by atoms with E-state index in [9.17, 15) is 18.5 Å². The van der Waals surface area contributed by atoms with Crippen molar-refractivity contribution in [2.75, 3.05) is 0 Å². The van der Waals surface area contributed by atoms with Crippen LogP contribution in [0.1, 0.15) is 0 Å². The van der Waals surface area contributed by atoms with Crippen LogP contribution in [0.15, 0.2) is 21.6 Å². The molecule has 1 aromatic heterocycles. The Morgan fingerprint density at radius 1 is 1.47 bits per heavy atom. The summed E-state index contributed by atoms with van der Waals surface area (Å²) in [6.45, 7) is 0. The molecular weight excluding hydrogens is 230 g/mol. The lowest BCUT2D eigenvalue weighted by Gasteiger charge is -1.98. The Bertz CT molecular complexity index is 553. The van der Waals surface area contributed by atoms with Crippen molar-refractivity contribution in [1.29, 1.82) is 0 Å². The van der Waals surface area contributed by atoms with Crippen LogP contribution in [0.5, 0.6) is 0 Å². The molecule has 0 aliphatic heterocycles. The van der Waals surface area contributed by atoms with Gasteiger partial charge in [-0.05, 0) is 0 Å². The zero-order valence-corrected chi connectivity index (χ0v) is 8.02. The van der Waals surface area contributed by atoms with Crippen LogP contribution in [0, 0.1) is 5.82 Å². The van der Waals surface area contributed by atoms with Gasteiger partial charge in [0.15, 0.2) is 0 Å². The first-order valence-corrected chi connectivity index (χ1v) is 5.23. The minimum atomic E-state index is -4.43. The summed E-state index contributed by atoms with van der Waals surface area (Å²) in [5.41, 5.74) is -2.19. The second-order valence-electron chi connectivity index (χ2n) is 2.53. The molecule has 0 fully saturated rings. The summed E-state index contributed by atoms with van der Waals surface area (Å²) in [7, 11) is -4.43. The summed E-state index contributed by atoms with van der Waals surface area (Å²) in [4.78, 5) is 40.0. The van der Waals surface area contributed by atoms with Gasteiger partial charge < -0.3 is 9.79 Å². The van der Waals surface area contributed by atoms with E-state index < -0.39 is 24.7 Å². The van der Waals surface area contributed by atoms with Gasteiger partial charge in [-0.1, -0.05) is 0 Å². The highest BCUT2D eigenvalue weighted by molar-refractivity contribution is 7.55. The number of nitrogens with one attached hydrogen (secondary N) is 1. The molecular formula is C6H6FN2O5P. The Kier molecular flexibility index (Phi) is 3.04. The van der Waals surface area contributed by atoms with E-state index in [2.05, 4.69) is 0 Å². The van der Waals surface area contributed by atoms with Crippen LogP contribution in [-0.4, -0.2) is 19.3 Å². The topological polar surface area (TPSA) is 112 Å². The first-order chi connectivity index (χ1) is 6.79. The standard InChI is InChI=1S/C6H6FN2O5P/c7-4-3-9(1-2-15(12,13)14)6(11)8-5(4)10/h1-3H,(H,8,10,11)(H2,12,13,14)/b2-1+. The maximum atomic E-state index is 12.6. The molecule has 0 aliphatic rings. The fourth-order valence-corrected chi connectivity index (χ4v) is 1.05. The molecule has 0 spiro atoms. The van der Waals surface area contributed by atoms with Crippen molar-refractivity contribution in [3.05, 3.63) is 38.7 Å². The summed E-state index contributed by atoms with van der Waals surface area (Å²) in [5, 5.41) is 0. The van der Waals surface area contributed by atoms with Gasteiger partial charge >= 0.3 is 13.3 Å². The average molecular weight is 236 g/mol. The summed E-state index contributed by atoms with van der Waals surface area (Å²) in [6, 6.07) is 0. The molecule has 0 radical (unpaired) electrons. The van der Waals surface area contributed by atoms with Gasteiger partial charge in [0.25, 0.3) is 5.56 Å². The number of hydrogen-bond acceptors (Lipinski definition) is 3. The van der Waals surface area contributed by atoms with Crippen LogP contribution in [0.4, 0.5) is 4.39 Å². The molecule has 0 aromatic carbocycles. The number of nitrogens with zero attached hydrogens (tertiary/aromatic N) is 1. The van der Waals surface area contributed by atoms with E-state index in [-0.39, 0.29) is 0 Å². The van der Waals surface area contributed by atoms with Crippen LogP contribution in [0.25, 0.3) is 6.20 Å². The Morgan fingerprint density at radius 3 is 2.60 bits per heavy atom. The van der Waals surface area contributed by atoms with Crippen LogP contribution in [0.2, 0.25) is 0 Å². The number of halogens is 1. The molecule has 0 saturated carbocycles. The van der Waals surface area contributed by atoms with Gasteiger partial charge in [0.2, 0.25) is 5.82 Å². The number of aromatic amines is 1. The minimum absolute atomic E-state index is 0.409. The predicted molar refractivity (Wildman–Crippen MR) is 48.7 cm³/mol. The zero-order valence-electron chi connectivity index (χ0n) is 7.12. The molecule has 82 valence electrons. The molecule has 0 aliphatic carbocycles. The monoisotopic (exact) mass is 236 g/mol. The quantitative estimate of drug-likeness (QED) is 0.586. The van der Waals surface area contributed by atoms with Crippen molar-refractivity contribution < 1.29 is 18.7 Å². The molecule has 7 nitrogen and oxygen atoms in total. The molecule has 0 atom stereocenters. The molecule has 3 N–H and O–H groups in total. The largest absolute Gasteiger partial charge is 0.350 e. The molecule has 1 heterocycles. The fourth-order valence-electron chi connectivity index (χ4n) is 0.730. The Morgan fingerprint density at radius 2 is 2.07 bits per heavy atom. The highest BCUT2D eigenvalue weighted by Gasteiger charge is 2.07. The van der Waals surface area contributed by atoms with E-state index in [1.54, 1.807) is 4.98 Å². The molecule has 1 aromatic rings. The summed E-state index contributed by atoms with van der Waals surface area (Å²) >= 11 is 0. The SMILES string of the molecule is O=c1[nH]c(=O)n(/C=C/P(=O)(O)O)cc1F. The van der Waals surface area contributed by atoms with E-state index in [0.29, 0.717) is 22.8 Å². The Hall–Kier alpha value is -1.50. The summed E-state index contributed by atoms with van der Waals surface area (Å²) in [5.74, 6) is -0.823. The lowest BCUT2D eigenvalue weighted by molar-refractivity contribution is 0.386. The summed E-state index contributed by atoms with van der Waals surface area (Å²) < 4.78 is 23.6. The first-order valence-electron chi connectivity index (χ1n) is 3.55. The molecule has 0 amide bonds. The third-order valence-electron chi connectivity index (χ3n) is 1.35. The molecule has 0 unspecified atom stereocenters. The predicted octanol–water partition coefficient (Wildman–Crippen LogP) is -0.718. The van der Waals surface area contributed by atoms with Crippen molar-refractivity contribution in [2.45, 2.75) is 0 Å². The van der Waals surface area contributed by atoms with Gasteiger partial charge in [0.05, 0.1) is 6.20 Å². The maximum Gasteiger partial charge on any atom is 0.350 e. The molecule has 0 bridgehead atoms. The second-order valence-corrected chi connectivity index (χ2v) is 4.01. The molecule has 15 heavy (non-hydrogen) atoms. The van der Waals surface area contributed by atoms with Crippen LogP contribution in [-0.2, 0) is 4.57 Å². The van der Waals surface area contributed by atoms with E-state index in [4.69, 9.17) is 9.79 Å². The lowest BCUT2D eigenvalue weighted by Crippen LogP contribution is -2.28. The molecule has 9 heteroatoms. The van der Waals surface area contributed by atoms with E-state index in [1.165, 1.54) is 0 Å². The third-order valence-corrected chi connectivity index (χ3v) is 1.87. The lowest BCUT2D eigenvalue weighted by atomic mass is 10.6. The van der Waals surface area contributed by atoms with Gasteiger partial charge in [0, 0.05) is 12.0 Å². The van der Waals surface area contributed by atoms with Gasteiger partial charge in [-0.2, -0.15) is 4.39 Å². The number of hydrogen-bond donors (Lipinski definition) is 3. The van der Waals surface area contributed by atoms with Gasteiger partial charge in [0.1, 0.15) is 0 Å². The molecule has 1 rings (SSSR count). The van der Waals surface area contributed by atoms with Crippen molar-refractivity contribution >= 4 is 13.8 Å². The number of aromatic nitrogens is 2. The summed E-state index contributed by atoms with van der Waals surface area (Å²) in [6.07, 6.45) is 1.19. The molecule has 0 saturated heterocycles. The van der Waals surface area contributed by atoms with Crippen molar-refractivity contribution in [1.82, 2.24) is 9.55 Å². The van der Waals surface area contributed by atoms with Crippen LogP contribution >= 0.6 is 7.60 Å². The van der Waals surface area contributed by atoms with Crippen molar-refractivity contribution in [2.24, 2.45) is 0 Å². The van der Waals surface area contributed by atoms with Crippen molar-refractivity contribution in [3.8, 4) is 0 Å². The minimum Gasteiger partial charge on any atom is -0.321 e. The normalized spacial score (nSPS) is 12.2. The van der Waals surface area contributed by atoms with E-state index >= 15 is 0 Å². The zero-order chi connectivity index (χ0) is 11.6. The van der Waals surface area contributed by atoms with Crippen LogP contribution in [0.3, 0.4) is 0 Å². The number of H-pyrrole nitrogens is 1. The van der Waals surface area contributed by atoms with Crippen molar-refractivity contribution in [3.63, 3.8) is 0 Å². The maximum absolute atomic E-state index is 12.6. The smallest absolute Gasteiger partial charge is 0.321 e. The average Bonchev–Trinajstić information content (AvgIpc) is 2.07. The second kappa shape index (κ2) is 3.93. The first kappa shape index (κ1) is 11.6. The third kappa shape index (κ3) is 3.28. The van der Waals surface area contributed by atoms with Gasteiger partial charge in [-0.3, -0.25) is 18.9 Å². The highest BCUT2D eigenvalue weighted by Crippen LogP contribution is 2.35. The van der Waals surface area contributed by atoms with Gasteiger partial charge in [-0.15, -0.1) is 0 Å². The fraction of sp³-hybridized carbons (Fsp3) is 0. The highest BCUT2D eigenvalue weighted by atomic mass is 31.2.